The van der Waals surface area contributed by atoms with Crippen LogP contribution in [0.25, 0.3) is 0 Å². The molecule has 0 saturated heterocycles. The summed E-state index contributed by atoms with van der Waals surface area (Å²) in [5.41, 5.74) is 0.211. The van der Waals surface area contributed by atoms with Crippen molar-refractivity contribution in [2.45, 2.75) is 59.0 Å². The standard InChI is InChI=1S/C19H26O4/c1-12(10-16(21)22)8-9-19(23)13(2)17(14-6-5-7-14)15(20)11-18(19,3)4/h8-10,14,23H,5-7,11H2,1-4H3,(H,21,22)/b9-8+,12-10-. The van der Waals surface area contributed by atoms with Crippen molar-refractivity contribution in [1.29, 1.82) is 0 Å². The first kappa shape index (κ1) is 17.7. The topological polar surface area (TPSA) is 74.6 Å². The summed E-state index contributed by atoms with van der Waals surface area (Å²) in [5, 5.41) is 20.1. The molecule has 2 rings (SSSR count). The quantitative estimate of drug-likeness (QED) is 0.615. The van der Waals surface area contributed by atoms with Gasteiger partial charge in [-0.25, -0.2) is 4.79 Å². The number of Topliss-reactive ketones (excluding diaryl/α,β-unsaturated/α-hetero) is 1. The molecule has 0 bridgehead atoms. The second kappa shape index (κ2) is 6.08. The highest BCUT2D eigenvalue weighted by molar-refractivity contribution is 5.99. The molecule has 1 unspecified atom stereocenters. The van der Waals surface area contributed by atoms with Gasteiger partial charge in [0.1, 0.15) is 5.60 Å². The van der Waals surface area contributed by atoms with Gasteiger partial charge in [-0.1, -0.05) is 26.3 Å². The summed E-state index contributed by atoms with van der Waals surface area (Å²) in [6.07, 6.45) is 7.85. The van der Waals surface area contributed by atoms with Gasteiger partial charge in [0, 0.05) is 23.5 Å². The average molecular weight is 318 g/mol. The predicted molar refractivity (Wildman–Crippen MR) is 88.9 cm³/mol. The van der Waals surface area contributed by atoms with E-state index in [0.29, 0.717) is 12.0 Å². The van der Waals surface area contributed by atoms with Gasteiger partial charge in [0.25, 0.3) is 0 Å². The number of ketones is 1. The summed E-state index contributed by atoms with van der Waals surface area (Å²) in [4.78, 5) is 23.3. The predicted octanol–water partition coefficient (Wildman–Crippen LogP) is 3.42. The van der Waals surface area contributed by atoms with Gasteiger partial charge in [0.2, 0.25) is 0 Å². The van der Waals surface area contributed by atoms with Gasteiger partial charge >= 0.3 is 5.97 Å². The van der Waals surface area contributed by atoms with Crippen LogP contribution >= 0.6 is 0 Å². The molecule has 2 N–H and O–H groups in total. The Hall–Kier alpha value is -1.68. The van der Waals surface area contributed by atoms with Crippen molar-refractivity contribution in [2.75, 3.05) is 0 Å². The number of allylic oxidation sites excluding steroid dienone is 3. The largest absolute Gasteiger partial charge is 0.478 e. The fraction of sp³-hybridized carbons (Fsp3) is 0.579. The van der Waals surface area contributed by atoms with Crippen molar-refractivity contribution in [3.05, 3.63) is 34.9 Å². The molecule has 0 aliphatic heterocycles. The number of rotatable bonds is 4. The summed E-state index contributed by atoms with van der Waals surface area (Å²) in [6, 6.07) is 0. The third-order valence-electron chi connectivity index (χ3n) is 5.36. The maximum absolute atomic E-state index is 12.5. The number of hydrogen-bond acceptors (Lipinski definition) is 3. The monoisotopic (exact) mass is 318 g/mol. The van der Waals surface area contributed by atoms with Gasteiger partial charge in [-0.2, -0.15) is 0 Å². The molecule has 0 aromatic heterocycles. The van der Waals surface area contributed by atoms with Crippen LogP contribution in [0.5, 0.6) is 0 Å². The molecule has 4 heteroatoms. The number of carboxylic acids is 1. The van der Waals surface area contributed by atoms with Crippen LogP contribution < -0.4 is 0 Å². The van der Waals surface area contributed by atoms with Crippen molar-refractivity contribution >= 4 is 11.8 Å². The Labute approximate surface area is 137 Å². The minimum absolute atomic E-state index is 0.146. The molecule has 0 radical (unpaired) electrons. The summed E-state index contributed by atoms with van der Waals surface area (Å²) in [5.74, 6) is -0.595. The fourth-order valence-corrected chi connectivity index (χ4v) is 3.63. The van der Waals surface area contributed by atoms with E-state index in [4.69, 9.17) is 5.11 Å². The molecule has 0 aromatic rings. The van der Waals surface area contributed by atoms with E-state index in [9.17, 15) is 14.7 Å². The third kappa shape index (κ3) is 3.18. The molecule has 1 saturated carbocycles. The van der Waals surface area contributed by atoms with Crippen LogP contribution in [0.15, 0.2) is 34.9 Å². The van der Waals surface area contributed by atoms with E-state index in [1.165, 1.54) is 0 Å². The first-order valence-corrected chi connectivity index (χ1v) is 8.16. The van der Waals surface area contributed by atoms with Gasteiger partial charge in [-0.15, -0.1) is 0 Å². The second-order valence-corrected chi connectivity index (χ2v) is 7.48. The van der Waals surface area contributed by atoms with Gasteiger partial charge in [-0.05, 0) is 49.8 Å². The zero-order chi connectivity index (χ0) is 17.4. The zero-order valence-electron chi connectivity index (χ0n) is 14.3. The highest BCUT2D eigenvalue weighted by atomic mass is 16.4. The highest BCUT2D eigenvalue weighted by Gasteiger charge is 2.50. The van der Waals surface area contributed by atoms with Gasteiger partial charge in [-0.3, -0.25) is 4.79 Å². The number of aliphatic carboxylic acids is 1. The molecule has 1 fully saturated rings. The van der Waals surface area contributed by atoms with Crippen LogP contribution in [0, 0.1) is 11.3 Å². The van der Waals surface area contributed by atoms with Crippen molar-refractivity contribution < 1.29 is 19.8 Å². The van der Waals surface area contributed by atoms with Crippen LogP contribution in [0.1, 0.15) is 53.4 Å². The van der Waals surface area contributed by atoms with Gasteiger partial charge in [0.15, 0.2) is 5.78 Å². The molecule has 2 aliphatic rings. The van der Waals surface area contributed by atoms with E-state index in [1.54, 1.807) is 19.1 Å². The average Bonchev–Trinajstić information content (AvgIpc) is 2.36. The normalized spacial score (nSPS) is 29.1. The van der Waals surface area contributed by atoms with Gasteiger partial charge in [0.05, 0.1) is 0 Å². The summed E-state index contributed by atoms with van der Waals surface area (Å²) >= 11 is 0. The second-order valence-electron chi connectivity index (χ2n) is 7.48. The maximum atomic E-state index is 12.5. The van der Waals surface area contributed by atoms with Crippen LogP contribution in [0.4, 0.5) is 0 Å². The van der Waals surface area contributed by atoms with Crippen LogP contribution in [0.3, 0.4) is 0 Å². The lowest BCUT2D eigenvalue weighted by molar-refractivity contribution is -0.131. The number of hydrogen-bond donors (Lipinski definition) is 2. The summed E-state index contributed by atoms with van der Waals surface area (Å²) < 4.78 is 0. The molecule has 0 heterocycles. The van der Waals surface area contributed by atoms with E-state index in [1.807, 2.05) is 20.8 Å². The Morgan fingerprint density at radius 3 is 2.39 bits per heavy atom. The van der Waals surface area contributed by atoms with Crippen LogP contribution in [-0.4, -0.2) is 27.6 Å². The van der Waals surface area contributed by atoms with Gasteiger partial charge < -0.3 is 10.2 Å². The zero-order valence-corrected chi connectivity index (χ0v) is 14.3. The molecule has 2 aliphatic carbocycles. The summed E-state index contributed by atoms with van der Waals surface area (Å²) in [7, 11) is 0. The third-order valence-corrected chi connectivity index (χ3v) is 5.36. The molecule has 1 atom stereocenters. The smallest absolute Gasteiger partial charge is 0.328 e. The molecule has 0 aromatic carbocycles. The fourth-order valence-electron chi connectivity index (χ4n) is 3.63. The molecule has 0 amide bonds. The van der Waals surface area contributed by atoms with Crippen LogP contribution in [0.2, 0.25) is 0 Å². The number of carboxylic acid groups (broad SMARTS) is 1. The first-order valence-electron chi connectivity index (χ1n) is 8.16. The highest BCUT2D eigenvalue weighted by Crippen LogP contribution is 2.50. The lowest BCUT2D eigenvalue weighted by Crippen LogP contribution is -2.50. The molecule has 126 valence electrons. The Balaban J connectivity index is 2.46. The Kier molecular flexibility index (Phi) is 4.67. The minimum atomic E-state index is -1.24. The minimum Gasteiger partial charge on any atom is -0.478 e. The molecular formula is C19H26O4. The molecule has 23 heavy (non-hydrogen) atoms. The van der Waals surface area contributed by atoms with E-state index in [-0.39, 0.29) is 11.7 Å². The first-order chi connectivity index (χ1) is 10.6. The van der Waals surface area contributed by atoms with Crippen LogP contribution in [-0.2, 0) is 9.59 Å². The van der Waals surface area contributed by atoms with E-state index in [0.717, 1.165) is 36.5 Å². The lowest BCUT2D eigenvalue weighted by atomic mass is 9.59. The number of carbonyl (C=O) groups excluding carboxylic acids is 1. The van der Waals surface area contributed by atoms with E-state index < -0.39 is 17.0 Å². The van der Waals surface area contributed by atoms with Crippen molar-refractivity contribution in [2.24, 2.45) is 11.3 Å². The summed E-state index contributed by atoms with van der Waals surface area (Å²) in [6.45, 7) is 7.28. The number of aliphatic hydroxyl groups is 1. The molecular weight excluding hydrogens is 292 g/mol. The SMILES string of the molecule is CC1=C(C2CCC2)C(=O)CC(C)(C)C1(O)/C=C/C(C)=C\C(=O)O. The van der Waals surface area contributed by atoms with Crippen molar-refractivity contribution in [3.8, 4) is 0 Å². The number of carbonyl (C=O) groups is 2. The van der Waals surface area contributed by atoms with E-state index >= 15 is 0 Å². The van der Waals surface area contributed by atoms with E-state index in [2.05, 4.69) is 0 Å². The Morgan fingerprint density at radius 1 is 1.30 bits per heavy atom. The molecule has 4 nitrogen and oxygen atoms in total. The van der Waals surface area contributed by atoms with Crippen molar-refractivity contribution in [1.82, 2.24) is 0 Å². The lowest BCUT2D eigenvalue weighted by Gasteiger charge is -2.47. The Bertz CT molecular complexity index is 617. The molecule has 0 spiro atoms. The maximum Gasteiger partial charge on any atom is 0.328 e. The Morgan fingerprint density at radius 2 is 1.91 bits per heavy atom. The van der Waals surface area contributed by atoms with Crippen molar-refractivity contribution in [3.63, 3.8) is 0 Å².